The van der Waals surface area contributed by atoms with E-state index in [2.05, 4.69) is 36.1 Å². The summed E-state index contributed by atoms with van der Waals surface area (Å²) in [6.45, 7) is 3.50. The molecular formula is C27H32N2O4S. The van der Waals surface area contributed by atoms with Crippen molar-refractivity contribution in [2.24, 2.45) is 4.99 Å². The largest absolute Gasteiger partial charge is 0.497 e. The van der Waals surface area contributed by atoms with Gasteiger partial charge in [0.15, 0.2) is 5.17 Å². The van der Waals surface area contributed by atoms with E-state index in [4.69, 9.17) is 23.9 Å². The SMILES string of the molecule is CCSC(=Nc1cc(OC)ccc1OC)N(Cc1ccc(OC)cc1)Cc1ccc(OC)cc1. The quantitative estimate of drug-likeness (QED) is 0.256. The molecule has 0 atom stereocenters. The molecule has 0 unspecified atom stereocenters. The van der Waals surface area contributed by atoms with E-state index < -0.39 is 0 Å². The lowest BCUT2D eigenvalue weighted by atomic mass is 10.1. The molecule has 3 aromatic rings. The second-order valence-electron chi connectivity index (χ2n) is 7.42. The third kappa shape index (κ3) is 6.84. The Bertz CT molecular complexity index is 1020. The monoisotopic (exact) mass is 480 g/mol. The molecule has 6 nitrogen and oxygen atoms in total. The van der Waals surface area contributed by atoms with Crippen molar-refractivity contribution in [3.63, 3.8) is 0 Å². The maximum Gasteiger partial charge on any atom is 0.165 e. The van der Waals surface area contributed by atoms with Crippen LogP contribution in [0.5, 0.6) is 23.0 Å². The second-order valence-corrected chi connectivity index (χ2v) is 8.65. The van der Waals surface area contributed by atoms with Crippen molar-refractivity contribution >= 4 is 22.6 Å². The zero-order valence-corrected chi connectivity index (χ0v) is 21.2. The van der Waals surface area contributed by atoms with Crippen LogP contribution in [0.3, 0.4) is 0 Å². The Hall–Kier alpha value is -3.32. The van der Waals surface area contributed by atoms with E-state index in [0.29, 0.717) is 18.8 Å². The number of methoxy groups -OCH3 is 4. The number of hydrogen-bond donors (Lipinski definition) is 0. The summed E-state index contributed by atoms with van der Waals surface area (Å²) >= 11 is 1.70. The van der Waals surface area contributed by atoms with Gasteiger partial charge in [0.2, 0.25) is 0 Å². The van der Waals surface area contributed by atoms with Gasteiger partial charge in [-0.1, -0.05) is 43.0 Å². The molecule has 3 rings (SSSR count). The van der Waals surface area contributed by atoms with Gasteiger partial charge in [0.05, 0.1) is 28.4 Å². The summed E-state index contributed by atoms with van der Waals surface area (Å²) < 4.78 is 21.6. The number of rotatable bonds is 10. The summed E-state index contributed by atoms with van der Waals surface area (Å²) in [5.74, 6) is 3.99. The third-order valence-corrected chi connectivity index (χ3v) is 6.11. The molecule has 0 spiro atoms. The lowest BCUT2D eigenvalue weighted by molar-refractivity contribution is 0.401. The lowest BCUT2D eigenvalue weighted by Gasteiger charge is -2.26. The lowest BCUT2D eigenvalue weighted by Crippen LogP contribution is -2.28. The fourth-order valence-electron chi connectivity index (χ4n) is 3.40. The summed E-state index contributed by atoms with van der Waals surface area (Å²) in [6.07, 6.45) is 0. The van der Waals surface area contributed by atoms with Crippen molar-refractivity contribution in [1.82, 2.24) is 4.90 Å². The highest BCUT2D eigenvalue weighted by Gasteiger charge is 2.16. The van der Waals surface area contributed by atoms with Crippen LogP contribution in [0.1, 0.15) is 18.1 Å². The minimum Gasteiger partial charge on any atom is -0.497 e. The standard InChI is InChI=1S/C27H32N2O4S/c1-6-34-27(28-25-17-24(32-4)15-16-26(25)33-5)29(18-20-7-11-22(30-2)12-8-20)19-21-9-13-23(31-3)14-10-21/h7-17H,6,18-19H2,1-5H3. The molecule has 180 valence electrons. The number of aliphatic imine (C=N–C) groups is 1. The maximum atomic E-state index is 5.57. The zero-order valence-electron chi connectivity index (χ0n) is 20.4. The second kappa shape index (κ2) is 12.8. The first-order valence-corrected chi connectivity index (χ1v) is 12.0. The first-order valence-electron chi connectivity index (χ1n) is 11.0. The molecule has 0 aliphatic carbocycles. The summed E-state index contributed by atoms with van der Waals surface area (Å²) in [6, 6.07) is 21.9. The third-order valence-electron chi connectivity index (χ3n) is 5.21. The van der Waals surface area contributed by atoms with Gasteiger partial charge in [0, 0.05) is 19.2 Å². The number of nitrogens with zero attached hydrogens (tertiary/aromatic N) is 2. The van der Waals surface area contributed by atoms with E-state index in [1.165, 1.54) is 0 Å². The average molecular weight is 481 g/mol. The molecule has 0 aromatic heterocycles. The molecule has 34 heavy (non-hydrogen) atoms. The summed E-state index contributed by atoms with van der Waals surface area (Å²) in [7, 11) is 6.65. The number of ether oxygens (including phenoxy) is 4. The normalized spacial score (nSPS) is 11.1. The molecule has 0 bridgehead atoms. The first-order chi connectivity index (χ1) is 16.6. The highest BCUT2D eigenvalue weighted by atomic mass is 32.2. The highest BCUT2D eigenvalue weighted by molar-refractivity contribution is 8.13. The van der Waals surface area contributed by atoms with Crippen molar-refractivity contribution in [1.29, 1.82) is 0 Å². The molecule has 3 aromatic carbocycles. The molecule has 0 fully saturated rings. The van der Waals surface area contributed by atoms with Crippen molar-refractivity contribution in [2.75, 3.05) is 34.2 Å². The Morgan fingerprint density at radius 2 is 1.21 bits per heavy atom. The van der Waals surface area contributed by atoms with Crippen molar-refractivity contribution in [3.05, 3.63) is 77.9 Å². The predicted octanol–water partition coefficient (Wildman–Crippen LogP) is 6.16. The first kappa shape index (κ1) is 25.3. The molecule has 0 aliphatic rings. The van der Waals surface area contributed by atoms with Crippen LogP contribution in [-0.4, -0.2) is 44.3 Å². The molecule has 0 saturated carbocycles. The molecule has 0 N–H and O–H groups in total. The van der Waals surface area contributed by atoms with Crippen molar-refractivity contribution in [2.45, 2.75) is 20.0 Å². The maximum absolute atomic E-state index is 5.57. The Kier molecular flexibility index (Phi) is 9.52. The average Bonchev–Trinajstić information content (AvgIpc) is 2.88. The zero-order chi connectivity index (χ0) is 24.3. The van der Waals surface area contributed by atoms with E-state index in [1.54, 1.807) is 40.2 Å². The Balaban J connectivity index is 2.01. The van der Waals surface area contributed by atoms with Gasteiger partial charge in [-0.25, -0.2) is 4.99 Å². The van der Waals surface area contributed by atoms with Gasteiger partial charge in [0.1, 0.15) is 28.7 Å². The van der Waals surface area contributed by atoms with Gasteiger partial charge in [0.25, 0.3) is 0 Å². The summed E-state index contributed by atoms with van der Waals surface area (Å²) in [5.41, 5.74) is 3.06. The number of benzene rings is 3. The van der Waals surface area contributed by atoms with Crippen LogP contribution in [-0.2, 0) is 13.1 Å². The van der Waals surface area contributed by atoms with Crippen LogP contribution in [0.25, 0.3) is 0 Å². The van der Waals surface area contributed by atoms with Crippen LogP contribution >= 0.6 is 11.8 Å². The van der Waals surface area contributed by atoms with Gasteiger partial charge >= 0.3 is 0 Å². The van der Waals surface area contributed by atoms with Gasteiger partial charge in [-0.3, -0.25) is 0 Å². The Labute approximate surface area is 206 Å². The molecule has 7 heteroatoms. The van der Waals surface area contributed by atoms with E-state index >= 15 is 0 Å². The number of amidine groups is 1. The topological polar surface area (TPSA) is 52.5 Å². The fourth-order valence-corrected chi connectivity index (χ4v) is 4.14. The highest BCUT2D eigenvalue weighted by Crippen LogP contribution is 2.33. The van der Waals surface area contributed by atoms with Crippen LogP contribution in [0, 0.1) is 0 Å². The van der Waals surface area contributed by atoms with E-state index in [9.17, 15) is 0 Å². The van der Waals surface area contributed by atoms with E-state index in [0.717, 1.165) is 45.0 Å². The van der Waals surface area contributed by atoms with Crippen molar-refractivity contribution < 1.29 is 18.9 Å². The molecule has 0 amide bonds. The van der Waals surface area contributed by atoms with Gasteiger partial charge in [-0.05, 0) is 53.3 Å². The van der Waals surface area contributed by atoms with E-state index in [1.807, 2.05) is 42.5 Å². The van der Waals surface area contributed by atoms with Crippen LogP contribution in [0.15, 0.2) is 71.7 Å². The predicted molar refractivity (Wildman–Crippen MR) is 140 cm³/mol. The fraction of sp³-hybridized carbons (Fsp3) is 0.296. The summed E-state index contributed by atoms with van der Waals surface area (Å²) in [5, 5.41) is 0.903. The minimum atomic E-state index is 0.689. The van der Waals surface area contributed by atoms with Crippen LogP contribution in [0.4, 0.5) is 5.69 Å². The Morgan fingerprint density at radius 1 is 0.706 bits per heavy atom. The van der Waals surface area contributed by atoms with Crippen molar-refractivity contribution in [3.8, 4) is 23.0 Å². The molecule has 0 saturated heterocycles. The van der Waals surface area contributed by atoms with Gasteiger partial charge < -0.3 is 23.8 Å². The molecule has 0 aliphatic heterocycles. The van der Waals surface area contributed by atoms with E-state index in [-0.39, 0.29) is 0 Å². The Morgan fingerprint density at radius 3 is 1.65 bits per heavy atom. The van der Waals surface area contributed by atoms with Crippen LogP contribution < -0.4 is 18.9 Å². The molecule has 0 heterocycles. The number of hydrogen-bond acceptors (Lipinski definition) is 6. The molecular weight excluding hydrogens is 448 g/mol. The van der Waals surface area contributed by atoms with Gasteiger partial charge in [-0.2, -0.15) is 0 Å². The smallest absolute Gasteiger partial charge is 0.165 e. The van der Waals surface area contributed by atoms with Crippen LogP contribution in [0.2, 0.25) is 0 Å². The minimum absolute atomic E-state index is 0.689. The molecule has 0 radical (unpaired) electrons. The summed E-state index contributed by atoms with van der Waals surface area (Å²) in [4.78, 5) is 7.31. The van der Waals surface area contributed by atoms with Gasteiger partial charge in [-0.15, -0.1) is 0 Å². The number of thioether (sulfide) groups is 1.